The Kier molecular flexibility index (Phi) is 4.79. The van der Waals surface area contributed by atoms with Gasteiger partial charge in [0.1, 0.15) is 0 Å². The highest BCUT2D eigenvalue weighted by Crippen LogP contribution is 2.24. The summed E-state index contributed by atoms with van der Waals surface area (Å²) >= 11 is 1.88. The van der Waals surface area contributed by atoms with E-state index in [9.17, 15) is 4.79 Å². The summed E-state index contributed by atoms with van der Waals surface area (Å²) in [5, 5.41) is 0. The van der Waals surface area contributed by atoms with Crippen LogP contribution in [0.5, 0.6) is 0 Å². The molecule has 1 aliphatic heterocycles. The third-order valence-corrected chi connectivity index (χ3v) is 3.79. The van der Waals surface area contributed by atoms with E-state index in [1.807, 2.05) is 11.8 Å². The number of carbonyl (C=O) groups excluding carboxylic acids is 1. The van der Waals surface area contributed by atoms with Gasteiger partial charge in [-0.2, -0.15) is 0 Å². The van der Waals surface area contributed by atoms with Gasteiger partial charge in [-0.05, 0) is 18.8 Å². The quantitative estimate of drug-likeness (QED) is 0.718. The summed E-state index contributed by atoms with van der Waals surface area (Å²) in [5.74, 6) is 3.03. The standard InChI is InChI=1S/C11H21NOS/c1-4-10-7-14-8-12(10)11(13)6-5-9(2)3/h9-10H,4-8H2,1-3H3. The number of thioether (sulfide) groups is 1. The Balaban J connectivity index is 2.35. The fraction of sp³-hybridized carbons (Fsp3) is 0.909. The first kappa shape index (κ1) is 11.9. The zero-order valence-electron chi connectivity index (χ0n) is 9.45. The minimum absolute atomic E-state index is 0.357. The molecule has 0 N–H and O–H groups in total. The van der Waals surface area contributed by atoms with Gasteiger partial charge < -0.3 is 4.90 Å². The largest absolute Gasteiger partial charge is 0.330 e. The molecule has 1 atom stereocenters. The van der Waals surface area contributed by atoms with Crippen molar-refractivity contribution in [2.24, 2.45) is 5.92 Å². The molecule has 0 bridgehead atoms. The Hall–Kier alpha value is -0.180. The summed E-state index contributed by atoms with van der Waals surface area (Å²) in [4.78, 5) is 13.9. The summed E-state index contributed by atoms with van der Waals surface area (Å²) in [7, 11) is 0. The van der Waals surface area contributed by atoms with E-state index in [0.29, 0.717) is 17.9 Å². The van der Waals surface area contributed by atoms with E-state index in [1.165, 1.54) is 0 Å². The number of hydrogen-bond donors (Lipinski definition) is 0. The van der Waals surface area contributed by atoms with Crippen LogP contribution in [0.15, 0.2) is 0 Å². The Morgan fingerprint density at radius 2 is 2.29 bits per heavy atom. The molecule has 0 aliphatic carbocycles. The van der Waals surface area contributed by atoms with Gasteiger partial charge in [0.05, 0.1) is 5.88 Å². The van der Waals surface area contributed by atoms with Crippen LogP contribution in [0, 0.1) is 5.92 Å². The van der Waals surface area contributed by atoms with Crippen LogP contribution in [0.25, 0.3) is 0 Å². The average molecular weight is 215 g/mol. The lowest BCUT2D eigenvalue weighted by atomic mass is 10.1. The van der Waals surface area contributed by atoms with Crippen molar-refractivity contribution in [1.29, 1.82) is 0 Å². The molecule has 3 heteroatoms. The summed E-state index contributed by atoms with van der Waals surface area (Å²) < 4.78 is 0. The molecule has 82 valence electrons. The molecule has 1 heterocycles. The fourth-order valence-electron chi connectivity index (χ4n) is 1.65. The topological polar surface area (TPSA) is 20.3 Å². The Morgan fingerprint density at radius 3 is 2.86 bits per heavy atom. The van der Waals surface area contributed by atoms with Crippen LogP contribution >= 0.6 is 11.8 Å². The molecule has 1 saturated heterocycles. The maximum Gasteiger partial charge on any atom is 0.223 e. The van der Waals surface area contributed by atoms with Crippen molar-refractivity contribution >= 4 is 17.7 Å². The summed E-state index contributed by atoms with van der Waals surface area (Å²) in [6.07, 6.45) is 2.85. The highest BCUT2D eigenvalue weighted by molar-refractivity contribution is 7.99. The van der Waals surface area contributed by atoms with Crippen LogP contribution in [-0.2, 0) is 4.79 Å². The second-order valence-corrected chi connectivity index (χ2v) is 5.36. The molecule has 1 fully saturated rings. The predicted octanol–water partition coefficient (Wildman–Crippen LogP) is 2.73. The van der Waals surface area contributed by atoms with Crippen molar-refractivity contribution in [2.45, 2.75) is 46.1 Å². The highest BCUT2D eigenvalue weighted by atomic mass is 32.2. The lowest BCUT2D eigenvalue weighted by molar-refractivity contribution is -0.131. The maximum absolute atomic E-state index is 11.8. The lowest BCUT2D eigenvalue weighted by Crippen LogP contribution is -2.36. The molecule has 1 amide bonds. The van der Waals surface area contributed by atoms with Gasteiger partial charge in [0.15, 0.2) is 0 Å². The van der Waals surface area contributed by atoms with Gasteiger partial charge in [-0.25, -0.2) is 0 Å². The second kappa shape index (κ2) is 5.64. The minimum atomic E-state index is 0.357. The average Bonchev–Trinajstić information content (AvgIpc) is 2.61. The SMILES string of the molecule is CCC1CSCN1C(=O)CCC(C)C. The van der Waals surface area contributed by atoms with Crippen molar-refractivity contribution < 1.29 is 4.79 Å². The molecule has 0 aromatic heterocycles. The minimum Gasteiger partial charge on any atom is -0.330 e. The van der Waals surface area contributed by atoms with E-state index < -0.39 is 0 Å². The zero-order valence-corrected chi connectivity index (χ0v) is 10.3. The third kappa shape index (κ3) is 3.19. The van der Waals surface area contributed by atoms with Crippen LogP contribution in [0.4, 0.5) is 0 Å². The molecular formula is C11H21NOS. The molecular weight excluding hydrogens is 194 g/mol. The van der Waals surface area contributed by atoms with Gasteiger partial charge in [0.2, 0.25) is 5.91 Å². The fourth-order valence-corrected chi connectivity index (χ4v) is 3.00. The molecule has 1 rings (SSSR count). The van der Waals surface area contributed by atoms with Gasteiger partial charge in [0, 0.05) is 18.2 Å². The second-order valence-electron chi connectivity index (χ2n) is 4.36. The maximum atomic E-state index is 11.8. The number of carbonyl (C=O) groups is 1. The smallest absolute Gasteiger partial charge is 0.223 e. The van der Waals surface area contributed by atoms with E-state index in [2.05, 4.69) is 25.7 Å². The zero-order chi connectivity index (χ0) is 10.6. The van der Waals surface area contributed by atoms with Crippen LogP contribution in [0.1, 0.15) is 40.0 Å². The number of amides is 1. The molecule has 0 aromatic carbocycles. The van der Waals surface area contributed by atoms with Crippen LogP contribution in [0.3, 0.4) is 0 Å². The molecule has 2 nitrogen and oxygen atoms in total. The highest BCUT2D eigenvalue weighted by Gasteiger charge is 2.27. The van der Waals surface area contributed by atoms with Crippen LogP contribution in [0.2, 0.25) is 0 Å². The first-order valence-electron chi connectivity index (χ1n) is 5.52. The molecule has 0 spiro atoms. The molecule has 14 heavy (non-hydrogen) atoms. The first-order valence-corrected chi connectivity index (χ1v) is 6.67. The Bertz CT molecular complexity index is 194. The van der Waals surface area contributed by atoms with Gasteiger partial charge in [-0.3, -0.25) is 4.79 Å². The van der Waals surface area contributed by atoms with Crippen LogP contribution < -0.4 is 0 Å². The first-order chi connectivity index (χ1) is 6.65. The van der Waals surface area contributed by atoms with Crippen molar-refractivity contribution in [2.75, 3.05) is 11.6 Å². The van der Waals surface area contributed by atoms with Gasteiger partial charge in [-0.1, -0.05) is 20.8 Å². The summed E-state index contributed by atoms with van der Waals surface area (Å²) in [6, 6.07) is 0.500. The molecule has 0 radical (unpaired) electrons. The number of rotatable bonds is 4. The van der Waals surface area contributed by atoms with E-state index in [4.69, 9.17) is 0 Å². The molecule has 0 saturated carbocycles. The summed E-state index contributed by atoms with van der Waals surface area (Å²) in [5.41, 5.74) is 0. The Labute approximate surface area is 91.4 Å². The van der Waals surface area contributed by atoms with Crippen molar-refractivity contribution in [3.63, 3.8) is 0 Å². The van der Waals surface area contributed by atoms with Crippen molar-refractivity contribution in [3.05, 3.63) is 0 Å². The van der Waals surface area contributed by atoms with E-state index in [-0.39, 0.29) is 0 Å². The van der Waals surface area contributed by atoms with Crippen LogP contribution in [-0.4, -0.2) is 28.5 Å². The summed E-state index contributed by atoms with van der Waals surface area (Å²) in [6.45, 7) is 6.51. The van der Waals surface area contributed by atoms with E-state index in [0.717, 1.165) is 30.9 Å². The van der Waals surface area contributed by atoms with Gasteiger partial charge in [0.25, 0.3) is 0 Å². The third-order valence-electron chi connectivity index (χ3n) is 2.71. The van der Waals surface area contributed by atoms with Crippen molar-refractivity contribution in [1.82, 2.24) is 4.90 Å². The molecule has 1 unspecified atom stereocenters. The lowest BCUT2D eigenvalue weighted by Gasteiger charge is -2.22. The van der Waals surface area contributed by atoms with E-state index >= 15 is 0 Å². The monoisotopic (exact) mass is 215 g/mol. The number of hydrogen-bond acceptors (Lipinski definition) is 2. The Morgan fingerprint density at radius 1 is 1.57 bits per heavy atom. The predicted molar refractivity (Wildman–Crippen MR) is 62.3 cm³/mol. The van der Waals surface area contributed by atoms with Crippen molar-refractivity contribution in [3.8, 4) is 0 Å². The van der Waals surface area contributed by atoms with E-state index in [1.54, 1.807) is 0 Å². The number of nitrogens with zero attached hydrogens (tertiary/aromatic N) is 1. The molecule has 0 aromatic rings. The van der Waals surface area contributed by atoms with Gasteiger partial charge in [-0.15, -0.1) is 11.8 Å². The normalized spacial score (nSPS) is 22.0. The molecule has 1 aliphatic rings. The van der Waals surface area contributed by atoms with Gasteiger partial charge >= 0.3 is 0 Å².